The van der Waals surface area contributed by atoms with Crippen LogP contribution < -0.4 is 19.5 Å². The first kappa shape index (κ1) is 34.2. The predicted octanol–water partition coefficient (Wildman–Crippen LogP) is 4.49. The molecule has 18 heteroatoms. The van der Waals surface area contributed by atoms with Gasteiger partial charge < -0.3 is 19.4 Å². The highest BCUT2D eigenvalue weighted by molar-refractivity contribution is 8.02. The number of esters is 1. The fourth-order valence-electron chi connectivity index (χ4n) is 5.19. The second-order valence-electron chi connectivity index (χ2n) is 11.1. The lowest BCUT2D eigenvalue weighted by Crippen LogP contribution is -2.40. The van der Waals surface area contributed by atoms with Gasteiger partial charge in [0.1, 0.15) is 16.1 Å². The van der Waals surface area contributed by atoms with E-state index < -0.39 is 45.9 Å². The molecule has 3 aliphatic rings. The average molecular weight is 745 g/mol. The van der Waals surface area contributed by atoms with Gasteiger partial charge in [-0.1, -0.05) is 29.3 Å². The Balaban J connectivity index is 1.31. The molecule has 0 spiro atoms. The van der Waals surface area contributed by atoms with Gasteiger partial charge >= 0.3 is 12.6 Å². The Kier molecular flexibility index (Phi) is 9.73. The lowest BCUT2D eigenvalue weighted by Gasteiger charge is -2.26. The molecular formula is C30H25Cl2F2N3O9S2. The molecule has 254 valence electrons. The van der Waals surface area contributed by atoms with E-state index in [4.69, 9.17) is 32.7 Å². The van der Waals surface area contributed by atoms with E-state index in [-0.39, 0.29) is 79.9 Å². The average Bonchev–Trinajstić information content (AvgIpc) is 3.63. The van der Waals surface area contributed by atoms with Gasteiger partial charge in [0.15, 0.2) is 29.3 Å². The highest BCUT2D eigenvalue weighted by atomic mass is 35.5. The van der Waals surface area contributed by atoms with Gasteiger partial charge in [-0.2, -0.15) is 17.8 Å². The molecule has 0 bridgehead atoms. The normalized spacial score (nSPS) is 18.5. The zero-order valence-corrected chi connectivity index (χ0v) is 27.7. The quantitative estimate of drug-likeness (QED) is 0.121. The number of carbonyl (C=O) groups is 3. The first-order valence-corrected chi connectivity index (χ1v) is 17.7. The first-order chi connectivity index (χ1) is 22.8. The van der Waals surface area contributed by atoms with Gasteiger partial charge in [-0.05, 0) is 54.7 Å². The largest absolute Gasteiger partial charge is 0.619 e. The van der Waals surface area contributed by atoms with Crippen LogP contribution in [0.3, 0.4) is 0 Å². The molecule has 2 fully saturated rings. The van der Waals surface area contributed by atoms with E-state index >= 15 is 0 Å². The standard InChI is InChI=1S/C30H25Cl2F2N3O9S2/c31-21-12-36(41)13-22(32)20(21)11-24(16-3-6-23(46-30(33)34)25(9-16)44-14-15-1-2-15)45-29(40)28-37(7-8-47-28)48(42,43)17-4-5-18-19(10-17)27(39)35-26(18)38/h3-6,9-10,12-13,15,24,28,30H,1-2,7-8,11,14H2,(H,35,38,39)/t24-,28?/m0/s1. The van der Waals surface area contributed by atoms with Gasteiger partial charge in [-0.15, -0.1) is 11.8 Å². The number of halogens is 4. The summed E-state index contributed by atoms with van der Waals surface area (Å²) in [7, 11) is -4.37. The maximum atomic E-state index is 13.8. The Morgan fingerprint density at radius 1 is 1.06 bits per heavy atom. The molecule has 6 rings (SSSR count). The number of ether oxygens (including phenoxy) is 3. The molecule has 12 nitrogen and oxygen atoms in total. The molecule has 2 aromatic carbocycles. The van der Waals surface area contributed by atoms with Crippen LogP contribution in [-0.2, 0) is 26.0 Å². The number of nitrogens with zero attached hydrogens (tertiary/aromatic N) is 2. The van der Waals surface area contributed by atoms with E-state index in [1.165, 1.54) is 30.3 Å². The third kappa shape index (κ3) is 7.17. The summed E-state index contributed by atoms with van der Waals surface area (Å²) in [4.78, 5) is 37.6. The molecular weight excluding hydrogens is 719 g/mol. The number of amides is 2. The second kappa shape index (κ2) is 13.7. The third-order valence-electron chi connectivity index (χ3n) is 7.80. The number of thioether (sulfide) groups is 1. The SMILES string of the molecule is O=C1NC(=O)c2cc(S(=O)(=O)N3CCSC3C(=O)O[C@@H](Cc3c(Cl)c[n+]([O-])cc3Cl)c3ccc(OC(F)F)c(OCC4CC4)c3)ccc21. The number of carbonyl (C=O) groups excluding carboxylic acids is 3. The third-order valence-corrected chi connectivity index (χ3v) is 11.6. The number of benzene rings is 2. The number of sulfonamides is 1. The summed E-state index contributed by atoms with van der Waals surface area (Å²) in [6, 6.07) is 7.47. The van der Waals surface area contributed by atoms with Crippen molar-refractivity contribution in [2.75, 3.05) is 18.9 Å². The highest BCUT2D eigenvalue weighted by Crippen LogP contribution is 2.39. The molecule has 2 atom stereocenters. The van der Waals surface area contributed by atoms with Crippen molar-refractivity contribution in [1.82, 2.24) is 9.62 Å². The van der Waals surface area contributed by atoms with Crippen LogP contribution in [0.4, 0.5) is 8.78 Å². The van der Waals surface area contributed by atoms with E-state index in [0.29, 0.717) is 4.73 Å². The van der Waals surface area contributed by atoms with Crippen LogP contribution in [0.25, 0.3) is 0 Å². The summed E-state index contributed by atoms with van der Waals surface area (Å²) < 4.78 is 71.5. The summed E-state index contributed by atoms with van der Waals surface area (Å²) in [5.74, 6) is -2.13. The lowest BCUT2D eigenvalue weighted by molar-refractivity contribution is -0.605. The number of imide groups is 1. The fraction of sp³-hybridized carbons (Fsp3) is 0.333. The van der Waals surface area contributed by atoms with Gasteiger partial charge in [0.25, 0.3) is 11.8 Å². The molecule has 48 heavy (non-hydrogen) atoms. The Labute approximate surface area is 286 Å². The van der Waals surface area contributed by atoms with Crippen LogP contribution >= 0.6 is 35.0 Å². The molecule has 1 N–H and O–H groups in total. The van der Waals surface area contributed by atoms with Crippen molar-refractivity contribution in [1.29, 1.82) is 0 Å². The molecule has 1 unspecified atom stereocenters. The predicted molar refractivity (Wildman–Crippen MR) is 168 cm³/mol. The lowest BCUT2D eigenvalue weighted by atomic mass is 10.0. The molecule has 1 saturated heterocycles. The van der Waals surface area contributed by atoms with Crippen molar-refractivity contribution >= 4 is 62.8 Å². The van der Waals surface area contributed by atoms with Crippen LogP contribution in [-0.4, -0.2) is 61.4 Å². The Bertz CT molecular complexity index is 1890. The number of rotatable bonds is 12. The maximum Gasteiger partial charge on any atom is 0.387 e. The zero-order valence-electron chi connectivity index (χ0n) is 24.6. The minimum absolute atomic E-state index is 0.0259. The highest BCUT2D eigenvalue weighted by Gasteiger charge is 2.43. The molecule has 1 aromatic heterocycles. The minimum atomic E-state index is -4.37. The van der Waals surface area contributed by atoms with Crippen molar-refractivity contribution < 1.29 is 50.5 Å². The van der Waals surface area contributed by atoms with Crippen molar-refractivity contribution in [2.45, 2.75) is 42.2 Å². The second-order valence-corrected chi connectivity index (χ2v) is 15.0. The van der Waals surface area contributed by atoms with E-state index in [2.05, 4.69) is 10.1 Å². The van der Waals surface area contributed by atoms with E-state index in [9.17, 15) is 36.8 Å². The first-order valence-electron chi connectivity index (χ1n) is 14.4. The summed E-state index contributed by atoms with van der Waals surface area (Å²) in [5.41, 5.74) is 0.404. The van der Waals surface area contributed by atoms with Gasteiger partial charge in [0.05, 0.1) is 22.6 Å². The molecule has 1 aliphatic carbocycles. The van der Waals surface area contributed by atoms with Crippen molar-refractivity contribution in [2.24, 2.45) is 5.92 Å². The van der Waals surface area contributed by atoms with E-state index in [1.54, 1.807) is 0 Å². The molecule has 3 heterocycles. The van der Waals surface area contributed by atoms with Crippen LogP contribution in [0.1, 0.15) is 50.8 Å². The van der Waals surface area contributed by atoms with Crippen LogP contribution in [0.5, 0.6) is 11.5 Å². The number of alkyl halides is 2. The summed E-state index contributed by atoms with van der Waals surface area (Å²) >= 11 is 13.7. The molecule has 3 aromatic rings. The zero-order chi connectivity index (χ0) is 34.3. The minimum Gasteiger partial charge on any atom is -0.619 e. The van der Waals surface area contributed by atoms with Crippen LogP contribution in [0.15, 0.2) is 53.7 Å². The van der Waals surface area contributed by atoms with E-state index in [0.717, 1.165) is 47.4 Å². The smallest absolute Gasteiger partial charge is 0.387 e. The fourth-order valence-corrected chi connectivity index (χ4v) is 8.86. The monoisotopic (exact) mass is 743 g/mol. The number of hydrogen-bond acceptors (Lipinski definition) is 10. The topological polar surface area (TPSA) is 155 Å². The molecule has 2 amide bonds. The summed E-state index contributed by atoms with van der Waals surface area (Å²) in [6.07, 6.45) is 2.53. The molecule has 0 radical (unpaired) electrons. The molecule has 2 aliphatic heterocycles. The summed E-state index contributed by atoms with van der Waals surface area (Å²) in [5, 5.41) is 12.5. The van der Waals surface area contributed by atoms with Gasteiger partial charge in [-0.3, -0.25) is 14.9 Å². The van der Waals surface area contributed by atoms with Crippen molar-refractivity contribution in [3.63, 3.8) is 0 Å². The number of nitrogens with one attached hydrogen (secondary N) is 1. The maximum absolute atomic E-state index is 13.8. The van der Waals surface area contributed by atoms with E-state index in [1.807, 2.05) is 0 Å². The number of fused-ring (bicyclic) bond motifs is 1. The number of aromatic nitrogens is 1. The van der Waals surface area contributed by atoms with Gasteiger partial charge in [0.2, 0.25) is 10.0 Å². The number of pyridine rings is 1. The molecule has 1 saturated carbocycles. The Hall–Kier alpha value is -3.70. The Morgan fingerprint density at radius 3 is 2.46 bits per heavy atom. The van der Waals surface area contributed by atoms with Gasteiger partial charge in [0, 0.05) is 24.3 Å². The van der Waals surface area contributed by atoms with Gasteiger partial charge in [-0.25, -0.2) is 13.2 Å². The number of hydrogen-bond donors (Lipinski definition) is 1. The van der Waals surface area contributed by atoms with Crippen LogP contribution in [0.2, 0.25) is 10.0 Å². The van der Waals surface area contributed by atoms with Crippen molar-refractivity contribution in [3.8, 4) is 11.5 Å². The van der Waals surface area contributed by atoms with Crippen molar-refractivity contribution in [3.05, 3.63) is 86.3 Å². The Morgan fingerprint density at radius 2 is 1.77 bits per heavy atom. The summed E-state index contributed by atoms with van der Waals surface area (Å²) in [6.45, 7) is -2.96. The van der Waals surface area contributed by atoms with Crippen LogP contribution in [0, 0.1) is 11.1 Å².